The third-order valence-electron chi connectivity index (χ3n) is 7.02. The van der Waals surface area contributed by atoms with Gasteiger partial charge in [-0.15, -0.1) is 0 Å². The molecule has 3 aromatic rings. The number of nitrogens with zero attached hydrogens (tertiary/aromatic N) is 4. The molecule has 0 radical (unpaired) electrons. The van der Waals surface area contributed by atoms with Gasteiger partial charge >= 0.3 is 0 Å². The summed E-state index contributed by atoms with van der Waals surface area (Å²) in [7, 11) is 1.71. The fourth-order valence-electron chi connectivity index (χ4n) is 5.48. The molecule has 0 unspecified atom stereocenters. The van der Waals surface area contributed by atoms with Gasteiger partial charge in [0, 0.05) is 24.7 Å². The van der Waals surface area contributed by atoms with Gasteiger partial charge in [-0.2, -0.15) is 0 Å². The molecule has 1 spiro atoms. The van der Waals surface area contributed by atoms with Crippen LogP contribution in [0.3, 0.4) is 0 Å². The fraction of sp³-hybridized carbons (Fsp3) is 0.333. The molecule has 0 amide bonds. The molecule has 2 aromatic carbocycles. The van der Waals surface area contributed by atoms with E-state index < -0.39 is 5.72 Å². The lowest BCUT2D eigenvalue weighted by Gasteiger charge is -2.43. The number of fused-ring (bicyclic) bond motifs is 4. The number of hydrogen-bond donors (Lipinski definition) is 0. The highest BCUT2D eigenvalue weighted by Crippen LogP contribution is 2.47. The monoisotopic (exact) mass is 440 g/mol. The van der Waals surface area contributed by atoms with Gasteiger partial charge in [-0.25, -0.2) is 4.98 Å². The summed E-state index contributed by atoms with van der Waals surface area (Å²) < 4.78 is 7.70. The van der Waals surface area contributed by atoms with E-state index in [9.17, 15) is 0 Å². The van der Waals surface area contributed by atoms with E-state index >= 15 is 0 Å². The Morgan fingerprint density at radius 2 is 2.03 bits per heavy atom. The Hall–Kier alpha value is -3.54. The van der Waals surface area contributed by atoms with Crippen molar-refractivity contribution in [2.24, 2.45) is 5.16 Å². The van der Waals surface area contributed by atoms with Crippen LogP contribution in [0, 0.1) is 6.92 Å². The second-order valence-corrected chi connectivity index (χ2v) is 9.08. The number of aromatic nitrogens is 2. The van der Waals surface area contributed by atoms with Crippen LogP contribution in [0.2, 0.25) is 0 Å². The molecule has 0 N–H and O–H groups in total. The van der Waals surface area contributed by atoms with Crippen molar-refractivity contribution in [2.75, 3.05) is 13.7 Å². The maximum atomic E-state index is 6.29. The summed E-state index contributed by atoms with van der Waals surface area (Å²) in [6, 6.07) is 15.0. The number of hydrogen-bond acceptors (Lipinski definition) is 5. The van der Waals surface area contributed by atoms with Crippen molar-refractivity contribution >= 4 is 11.9 Å². The van der Waals surface area contributed by atoms with E-state index in [1.807, 2.05) is 24.0 Å². The van der Waals surface area contributed by atoms with Crippen LogP contribution >= 0.6 is 0 Å². The van der Waals surface area contributed by atoms with Crippen molar-refractivity contribution in [1.29, 1.82) is 0 Å². The highest BCUT2D eigenvalue weighted by atomic mass is 16.7. The molecule has 6 rings (SSSR count). The molecule has 6 heteroatoms. The maximum Gasteiger partial charge on any atom is 0.237 e. The van der Waals surface area contributed by atoms with Crippen molar-refractivity contribution in [3.8, 4) is 11.4 Å². The predicted molar refractivity (Wildman–Crippen MR) is 128 cm³/mol. The van der Waals surface area contributed by atoms with Crippen molar-refractivity contribution < 1.29 is 9.57 Å². The number of amidine groups is 1. The molecule has 1 saturated heterocycles. The van der Waals surface area contributed by atoms with Crippen LogP contribution in [0.5, 0.6) is 5.75 Å². The quantitative estimate of drug-likeness (QED) is 0.562. The molecule has 2 aliphatic heterocycles. The Bertz CT molecular complexity index is 1270. The third kappa shape index (κ3) is 3.24. The molecule has 3 aliphatic rings. The second-order valence-electron chi connectivity index (χ2n) is 9.08. The van der Waals surface area contributed by atoms with Gasteiger partial charge < -0.3 is 19.0 Å². The maximum absolute atomic E-state index is 6.29. The van der Waals surface area contributed by atoms with Crippen LogP contribution in [0.25, 0.3) is 11.8 Å². The van der Waals surface area contributed by atoms with E-state index in [1.54, 1.807) is 7.11 Å². The number of rotatable bonds is 3. The summed E-state index contributed by atoms with van der Waals surface area (Å²) in [5.41, 5.74) is 6.47. The minimum Gasteiger partial charge on any atom is -0.495 e. The van der Waals surface area contributed by atoms with Crippen LogP contribution in [-0.2, 0) is 17.0 Å². The summed E-state index contributed by atoms with van der Waals surface area (Å²) >= 11 is 0. The number of oxime groups is 1. The summed E-state index contributed by atoms with van der Waals surface area (Å²) in [4.78, 5) is 13.0. The lowest BCUT2D eigenvalue weighted by Crippen LogP contribution is -2.50. The lowest BCUT2D eigenvalue weighted by molar-refractivity contribution is -0.118. The van der Waals surface area contributed by atoms with Crippen molar-refractivity contribution in [2.45, 2.75) is 44.8 Å². The zero-order valence-corrected chi connectivity index (χ0v) is 19.1. The largest absolute Gasteiger partial charge is 0.495 e. The summed E-state index contributed by atoms with van der Waals surface area (Å²) in [5, 5.41) is 4.65. The summed E-state index contributed by atoms with van der Waals surface area (Å²) in [6.07, 6.45) is 11.3. The normalized spacial score (nSPS) is 22.7. The Kier molecular flexibility index (Phi) is 4.75. The second kappa shape index (κ2) is 7.80. The van der Waals surface area contributed by atoms with E-state index in [0.717, 1.165) is 67.2 Å². The van der Waals surface area contributed by atoms with Gasteiger partial charge in [0.2, 0.25) is 5.72 Å². The number of methoxy groups -OCH3 is 1. The lowest BCUT2D eigenvalue weighted by atomic mass is 9.82. The smallest absolute Gasteiger partial charge is 0.237 e. The minimum atomic E-state index is -0.454. The Morgan fingerprint density at radius 1 is 1.12 bits per heavy atom. The van der Waals surface area contributed by atoms with Gasteiger partial charge in [-0.05, 0) is 67.5 Å². The van der Waals surface area contributed by atoms with Crippen molar-refractivity contribution in [1.82, 2.24) is 14.5 Å². The minimum absolute atomic E-state index is 0.454. The predicted octanol–water partition coefficient (Wildman–Crippen LogP) is 5.20. The number of aryl methyl sites for hydroxylation is 2. The molecular formula is C27H28N4O2. The molecule has 0 saturated carbocycles. The SMILES string of the molecule is COc1cc(/C=C2\CCCN3C2=NO[C@]32CCCc3ccccc32)ccc1-n1cnc(C)c1. The van der Waals surface area contributed by atoms with Gasteiger partial charge in [0.1, 0.15) is 5.75 Å². The van der Waals surface area contributed by atoms with Gasteiger partial charge in [-0.1, -0.05) is 35.5 Å². The molecule has 168 valence electrons. The van der Waals surface area contributed by atoms with Crippen LogP contribution < -0.4 is 4.74 Å². The highest BCUT2D eigenvalue weighted by Gasteiger charge is 2.51. The number of imidazole rings is 1. The van der Waals surface area contributed by atoms with E-state index in [0.29, 0.717) is 0 Å². The molecule has 1 atom stereocenters. The molecule has 3 heterocycles. The number of benzene rings is 2. The number of ether oxygens (including phenoxy) is 1. The van der Waals surface area contributed by atoms with Crippen molar-refractivity contribution in [3.63, 3.8) is 0 Å². The zero-order valence-electron chi connectivity index (χ0n) is 19.1. The fourth-order valence-corrected chi connectivity index (χ4v) is 5.48. The first kappa shape index (κ1) is 20.1. The van der Waals surface area contributed by atoms with Gasteiger partial charge in [0.05, 0.1) is 24.8 Å². The van der Waals surface area contributed by atoms with Crippen LogP contribution in [-0.4, -0.2) is 33.9 Å². The summed E-state index contributed by atoms with van der Waals surface area (Å²) in [6.45, 7) is 2.95. The van der Waals surface area contributed by atoms with Crippen LogP contribution in [0.1, 0.15) is 48.1 Å². The Morgan fingerprint density at radius 3 is 2.88 bits per heavy atom. The average molecular weight is 441 g/mol. The third-order valence-corrected chi connectivity index (χ3v) is 7.02. The zero-order chi connectivity index (χ0) is 22.4. The van der Waals surface area contributed by atoms with Crippen LogP contribution in [0.15, 0.2) is 65.7 Å². The van der Waals surface area contributed by atoms with E-state index in [2.05, 4.69) is 63.6 Å². The van der Waals surface area contributed by atoms with Crippen LogP contribution in [0.4, 0.5) is 0 Å². The molecule has 33 heavy (non-hydrogen) atoms. The highest BCUT2D eigenvalue weighted by molar-refractivity contribution is 6.03. The van der Waals surface area contributed by atoms with E-state index in [-0.39, 0.29) is 0 Å². The first-order valence-corrected chi connectivity index (χ1v) is 11.7. The average Bonchev–Trinajstić information content (AvgIpc) is 3.44. The molecular weight excluding hydrogens is 412 g/mol. The van der Waals surface area contributed by atoms with Gasteiger partial charge in [0.25, 0.3) is 0 Å². The first-order chi connectivity index (χ1) is 16.2. The Balaban J connectivity index is 1.34. The van der Waals surface area contributed by atoms with Gasteiger partial charge in [-0.3, -0.25) is 0 Å². The first-order valence-electron chi connectivity index (χ1n) is 11.7. The molecule has 0 bridgehead atoms. The Labute approximate surface area is 194 Å². The van der Waals surface area contributed by atoms with E-state index in [1.165, 1.54) is 16.7 Å². The summed E-state index contributed by atoms with van der Waals surface area (Å²) in [5.74, 6) is 1.79. The number of piperidine rings is 1. The van der Waals surface area contributed by atoms with E-state index in [4.69, 9.17) is 9.57 Å². The van der Waals surface area contributed by atoms with Crippen molar-refractivity contribution in [3.05, 3.63) is 82.9 Å². The standard InChI is InChI=1S/C27H28N4O2/c1-19-17-30(18-28-19)24-12-11-20(16-25(24)32-2)15-22-9-6-14-31-26(22)29-33-27(31)13-5-8-21-7-3-4-10-23(21)27/h3-4,7,10-12,15-18H,5-6,8-9,13-14H2,1-2H3/b22-15+/t27-/m0/s1. The van der Waals surface area contributed by atoms with Gasteiger partial charge in [0.15, 0.2) is 5.84 Å². The molecule has 1 fully saturated rings. The topological polar surface area (TPSA) is 51.9 Å². The molecule has 6 nitrogen and oxygen atoms in total. The molecule has 1 aliphatic carbocycles. The molecule has 1 aromatic heterocycles.